The van der Waals surface area contributed by atoms with Crippen LogP contribution in [0, 0.1) is 0 Å². The summed E-state index contributed by atoms with van der Waals surface area (Å²) in [5, 5.41) is 12.3. The van der Waals surface area contributed by atoms with E-state index in [0.717, 1.165) is 36.6 Å². The molecule has 1 aliphatic heterocycles. The lowest BCUT2D eigenvalue weighted by molar-refractivity contribution is -0.113. The molecule has 0 bridgehead atoms. The third kappa shape index (κ3) is 5.80. The summed E-state index contributed by atoms with van der Waals surface area (Å²) < 4.78 is 13.1. The molecule has 1 fully saturated rings. The van der Waals surface area contributed by atoms with Gasteiger partial charge in [-0.1, -0.05) is 11.8 Å². The number of carbonyl (C=O) groups excluding carboxylic acids is 2. The Bertz CT molecular complexity index is 1110. The minimum atomic E-state index is -0.159. The van der Waals surface area contributed by atoms with Crippen LogP contribution in [0.15, 0.2) is 53.7 Å². The molecule has 0 spiro atoms. The van der Waals surface area contributed by atoms with Gasteiger partial charge in [0, 0.05) is 23.4 Å². The fourth-order valence-electron chi connectivity index (χ4n) is 3.62. The number of rotatable bonds is 9. The maximum Gasteiger partial charge on any atom is 0.234 e. The zero-order valence-corrected chi connectivity index (χ0v) is 19.4. The number of methoxy groups -OCH3 is 1. The van der Waals surface area contributed by atoms with Crippen LogP contribution >= 0.6 is 11.8 Å². The molecule has 1 aromatic heterocycles. The monoisotopic (exact) mass is 466 g/mol. The molecule has 0 saturated carbocycles. The summed E-state index contributed by atoms with van der Waals surface area (Å²) in [6.45, 7) is 2.90. The number of anilines is 1. The Kier molecular flexibility index (Phi) is 7.41. The predicted molar refractivity (Wildman–Crippen MR) is 127 cm³/mol. The second-order valence-corrected chi connectivity index (χ2v) is 8.69. The molecule has 2 aromatic carbocycles. The lowest BCUT2D eigenvalue weighted by Crippen LogP contribution is -2.18. The zero-order valence-electron chi connectivity index (χ0n) is 18.6. The highest BCUT2D eigenvalue weighted by atomic mass is 32.2. The van der Waals surface area contributed by atoms with Crippen molar-refractivity contribution in [2.75, 3.05) is 24.8 Å². The van der Waals surface area contributed by atoms with Crippen LogP contribution in [0.4, 0.5) is 5.69 Å². The van der Waals surface area contributed by atoms with Gasteiger partial charge >= 0.3 is 0 Å². The van der Waals surface area contributed by atoms with Crippen molar-refractivity contribution in [1.82, 2.24) is 14.8 Å². The summed E-state index contributed by atoms with van der Waals surface area (Å²) in [7, 11) is 1.63. The third-order valence-corrected chi connectivity index (χ3v) is 6.35. The minimum Gasteiger partial charge on any atom is -0.497 e. The molecule has 0 radical (unpaired) electrons. The van der Waals surface area contributed by atoms with Gasteiger partial charge in [0.25, 0.3) is 0 Å². The molecule has 1 unspecified atom stereocenters. The van der Waals surface area contributed by atoms with E-state index < -0.39 is 0 Å². The molecule has 1 amide bonds. The number of ether oxygens (including phenoxy) is 2. The van der Waals surface area contributed by atoms with Crippen molar-refractivity contribution in [3.63, 3.8) is 0 Å². The highest BCUT2D eigenvalue weighted by Gasteiger charge is 2.22. The summed E-state index contributed by atoms with van der Waals surface area (Å²) in [5.74, 6) is 1.51. The van der Waals surface area contributed by atoms with E-state index in [1.165, 1.54) is 18.7 Å². The standard InChI is InChI=1S/C24H26N4O4S/c1-16(29)17-5-9-19(10-6-17)25-22(30)15-33-24-27-26-23(18-7-11-20(31-2)12-8-18)28(24)14-21-4-3-13-32-21/h5-12,21H,3-4,13-15H2,1-2H3,(H,25,30). The van der Waals surface area contributed by atoms with Crippen molar-refractivity contribution < 1.29 is 19.1 Å². The molecule has 0 aliphatic carbocycles. The van der Waals surface area contributed by atoms with Gasteiger partial charge in [-0.15, -0.1) is 10.2 Å². The SMILES string of the molecule is COc1ccc(-c2nnc(SCC(=O)Nc3ccc(C(C)=O)cc3)n2CC2CCCO2)cc1. The van der Waals surface area contributed by atoms with E-state index in [1.54, 1.807) is 31.4 Å². The largest absolute Gasteiger partial charge is 0.497 e. The average Bonchev–Trinajstić information content (AvgIpc) is 3.48. The number of amides is 1. The van der Waals surface area contributed by atoms with Crippen LogP contribution in [0.2, 0.25) is 0 Å². The minimum absolute atomic E-state index is 0.0123. The van der Waals surface area contributed by atoms with E-state index in [1.807, 2.05) is 28.8 Å². The van der Waals surface area contributed by atoms with Crippen LogP contribution < -0.4 is 10.1 Å². The lowest BCUT2D eigenvalue weighted by Gasteiger charge is -2.15. The van der Waals surface area contributed by atoms with E-state index in [4.69, 9.17) is 9.47 Å². The van der Waals surface area contributed by atoms with Gasteiger partial charge in [0.2, 0.25) is 5.91 Å². The number of thioether (sulfide) groups is 1. The number of Topliss-reactive ketones (excluding diaryl/α,β-unsaturated/α-hetero) is 1. The first kappa shape index (κ1) is 23.0. The number of carbonyl (C=O) groups is 2. The Morgan fingerprint density at radius 2 is 1.91 bits per heavy atom. The molecular formula is C24H26N4O4S. The molecule has 9 heteroatoms. The molecule has 1 saturated heterocycles. The maximum absolute atomic E-state index is 12.5. The zero-order chi connectivity index (χ0) is 23.2. The topological polar surface area (TPSA) is 95.3 Å². The van der Waals surface area contributed by atoms with E-state index in [-0.39, 0.29) is 23.5 Å². The Morgan fingerprint density at radius 3 is 2.55 bits per heavy atom. The van der Waals surface area contributed by atoms with Crippen molar-refractivity contribution in [1.29, 1.82) is 0 Å². The fraction of sp³-hybridized carbons (Fsp3) is 0.333. The first-order valence-corrected chi connectivity index (χ1v) is 11.7. The second kappa shape index (κ2) is 10.6. The van der Waals surface area contributed by atoms with Crippen molar-refractivity contribution in [2.45, 2.75) is 37.6 Å². The number of hydrogen-bond donors (Lipinski definition) is 1. The van der Waals surface area contributed by atoms with Crippen LogP contribution in [0.1, 0.15) is 30.1 Å². The first-order chi connectivity index (χ1) is 16.0. The van der Waals surface area contributed by atoms with Gasteiger partial charge in [-0.25, -0.2) is 0 Å². The van der Waals surface area contributed by atoms with Crippen LogP contribution in [0.3, 0.4) is 0 Å². The quantitative estimate of drug-likeness (QED) is 0.375. The van der Waals surface area contributed by atoms with Crippen molar-refractivity contribution >= 4 is 29.1 Å². The number of nitrogens with one attached hydrogen (secondary N) is 1. The molecule has 2 heterocycles. The van der Waals surface area contributed by atoms with E-state index in [0.29, 0.717) is 23.0 Å². The summed E-state index contributed by atoms with van der Waals surface area (Å²) in [6.07, 6.45) is 2.13. The molecule has 8 nitrogen and oxygen atoms in total. The van der Waals surface area contributed by atoms with Crippen molar-refractivity contribution in [3.8, 4) is 17.1 Å². The van der Waals surface area contributed by atoms with E-state index in [9.17, 15) is 9.59 Å². The molecule has 1 atom stereocenters. The number of aromatic nitrogens is 3. The van der Waals surface area contributed by atoms with Gasteiger partial charge in [0.1, 0.15) is 5.75 Å². The normalized spacial score (nSPS) is 15.4. The van der Waals surface area contributed by atoms with E-state index in [2.05, 4.69) is 15.5 Å². The second-order valence-electron chi connectivity index (χ2n) is 7.75. The van der Waals surface area contributed by atoms with Gasteiger partial charge in [0.05, 0.1) is 25.5 Å². The van der Waals surface area contributed by atoms with Gasteiger partial charge in [-0.2, -0.15) is 0 Å². The lowest BCUT2D eigenvalue weighted by atomic mass is 10.1. The summed E-state index contributed by atoms with van der Waals surface area (Å²) >= 11 is 1.33. The number of ketones is 1. The Labute approximate surface area is 196 Å². The van der Waals surface area contributed by atoms with E-state index >= 15 is 0 Å². The summed E-state index contributed by atoms with van der Waals surface area (Å²) in [5.41, 5.74) is 2.17. The number of benzene rings is 2. The molecule has 3 aromatic rings. The van der Waals surface area contributed by atoms with Crippen molar-refractivity contribution in [3.05, 3.63) is 54.1 Å². The number of nitrogens with zero attached hydrogens (tertiary/aromatic N) is 3. The Hall–Kier alpha value is -3.17. The van der Waals surface area contributed by atoms with Crippen LogP contribution in [-0.2, 0) is 16.1 Å². The van der Waals surface area contributed by atoms with Gasteiger partial charge in [-0.05, 0) is 68.3 Å². The van der Waals surface area contributed by atoms with Crippen LogP contribution in [0.5, 0.6) is 5.75 Å². The first-order valence-electron chi connectivity index (χ1n) is 10.8. The molecule has 1 aliphatic rings. The van der Waals surface area contributed by atoms with Gasteiger partial charge in [0.15, 0.2) is 16.8 Å². The van der Waals surface area contributed by atoms with Gasteiger partial charge in [-0.3, -0.25) is 14.2 Å². The Balaban J connectivity index is 1.47. The van der Waals surface area contributed by atoms with Crippen LogP contribution in [-0.4, -0.2) is 52.0 Å². The van der Waals surface area contributed by atoms with Gasteiger partial charge < -0.3 is 14.8 Å². The average molecular weight is 467 g/mol. The molecule has 1 N–H and O–H groups in total. The number of hydrogen-bond acceptors (Lipinski definition) is 7. The maximum atomic E-state index is 12.5. The Morgan fingerprint density at radius 1 is 1.15 bits per heavy atom. The summed E-state index contributed by atoms with van der Waals surface area (Å²) in [4.78, 5) is 23.9. The third-order valence-electron chi connectivity index (χ3n) is 5.38. The summed E-state index contributed by atoms with van der Waals surface area (Å²) in [6, 6.07) is 14.5. The van der Waals surface area contributed by atoms with Crippen LogP contribution in [0.25, 0.3) is 11.4 Å². The highest BCUT2D eigenvalue weighted by molar-refractivity contribution is 7.99. The molecule has 4 rings (SSSR count). The molecule has 33 heavy (non-hydrogen) atoms. The highest BCUT2D eigenvalue weighted by Crippen LogP contribution is 2.28. The molecule has 172 valence electrons. The van der Waals surface area contributed by atoms with Crippen molar-refractivity contribution in [2.24, 2.45) is 0 Å². The smallest absolute Gasteiger partial charge is 0.234 e. The molecular weight excluding hydrogens is 440 g/mol. The fourth-order valence-corrected chi connectivity index (χ4v) is 4.37. The predicted octanol–water partition coefficient (Wildman–Crippen LogP) is 4.07.